The summed E-state index contributed by atoms with van der Waals surface area (Å²) in [6, 6.07) is 19.3. The number of methoxy groups -OCH3 is 1. The van der Waals surface area contributed by atoms with E-state index < -0.39 is 11.7 Å². The van der Waals surface area contributed by atoms with Gasteiger partial charge in [-0.15, -0.1) is 0 Å². The number of rotatable bonds is 8. The number of halogens is 1. The monoisotopic (exact) mass is 489 g/mol. The molecule has 36 heavy (non-hydrogen) atoms. The highest BCUT2D eigenvalue weighted by Crippen LogP contribution is 2.23. The fourth-order valence-electron chi connectivity index (χ4n) is 4.26. The molecule has 3 aromatic rings. The van der Waals surface area contributed by atoms with Crippen LogP contribution in [0.5, 0.6) is 5.75 Å². The highest BCUT2D eigenvalue weighted by molar-refractivity contribution is 6.10. The number of nitrogens with one attached hydrogen (secondary N) is 2. The molecular formula is C28H28FN3O4. The normalized spacial score (nSPS) is 14.2. The van der Waals surface area contributed by atoms with Gasteiger partial charge in [0.15, 0.2) is 5.78 Å². The summed E-state index contributed by atoms with van der Waals surface area (Å²) in [6.07, 6.45) is 1.35. The van der Waals surface area contributed by atoms with Gasteiger partial charge in [-0.2, -0.15) is 0 Å². The minimum absolute atomic E-state index is 0.0754. The van der Waals surface area contributed by atoms with Crippen LogP contribution in [0.1, 0.15) is 33.6 Å². The van der Waals surface area contributed by atoms with Crippen LogP contribution in [0, 0.1) is 11.7 Å². The van der Waals surface area contributed by atoms with E-state index in [1.807, 2.05) is 4.90 Å². The number of nitrogens with zero attached hydrogens (tertiary/aromatic N) is 1. The number of amides is 2. The minimum Gasteiger partial charge on any atom is -0.497 e. The van der Waals surface area contributed by atoms with Crippen LogP contribution in [-0.2, 0) is 4.79 Å². The van der Waals surface area contributed by atoms with E-state index in [0.29, 0.717) is 54.2 Å². The number of carbonyl (C=O) groups excluding carboxylic acids is 3. The van der Waals surface area contributed by atoms with Crippen molar-refractivity contribution >= 4 is 29.0 Å². The van der Waals surface area contributed by atoms with Crippen LogP contribution in [0.15, 0.2) is 72.8 Å². The van der Waals surface area contributed by atoms with Gasteiger partial charge in [0.2, 0.25) is 5.91 Å². The summed E-state index contributed by atoms with van der Waals surface area (Å²) < 4.78 is 18.3. The van der Waals surface area contributed by atoms with Gasteiger partial charge >= 0.3 is 0 Å². The lowest BCUT2D eigenvalue weighted by Crippen LogP contribution is -2.40. The first-order valence-electron chi connectivity index (χ1n) is 11.8. The van der Waals surface area contributed by atoms with Crippen molar-refractivity contribution < 1.29 is 23.5 Å². The predicted molar refractivity (Wildman–Crippen MR) is 136 cm³/mol. The van der Waals surface area contributed by atoms with E-state index in [9.17, 15) is 18.8 Å². The lowest BCUT2D eigenvalue weighted by atomic mass is 9.89. The maximum Gasteiger partial charge on any atom is 0.257 e. The second-order valence-corrected chi connectivity index (χ2v) is 8.70. The van der Waals surface area contributed by atoms with Crippen molar-refractivity contribution in [3.05, 3.63) is 89.7 Å². The third kappa shape index (κ3) is 6.34. The Bertz CT molecular complexity index is 1220. The average molecular weight is 490 g/mol. The van der Waals surface area contributed by atoms with E-state index in [1.54, 1.807) is 55.6 Å². The summed E-state index contributed by atoms with van der Waals surface area (Å²) in [4.78, 5) is 40.3. The molecule has 1 saturated heterocycles. The van der Waals surface area contributed by atoms with Crippen molar-refractivity contribution in [2.45, 2.75) is 12.8 Å². The summed E-state index contributed by atoms with van der Waals surface area (Å²) in [5.41, 5.74) is 1.82. The van der Waals surface area contributed by atoms with Crippen molar-refractivity contribution in [2.24, 2.45) is 5.92 Å². The van der Waals surface area contributed by atoms with Gasteiger partial charge in [-0.1, -0.05) is 12.1 Å². The topological polar surface area (TPSA) is 87.7 Å². The Morgan fingerprint density at radius 2 is 1.58 bits per heavy atom. The Hall–Kier alpha value is -4.04. The van der Waals surface area contributed by atoms with Crippen LogP contribution in [0.4, 0.5) is 15.8 Å². The van der Waals surface area contributed by atoms with E-state index >= 15 is 0 Å². The van der Waals surface area contributed by atoms with Gasteiger partial charge in [-0.05, 0) is 86.6 Å². The summed E-state index contributed by atoms with van der Waals surface area (Å²) in [6.45, 7) is 1.43. The standard InChI is InChI=1S/C28H28FN3O4/c1-36-23-12-6-19(7-13-23)27(34)20-14-16-32(17-15-20)18-26(33)31-25-5-3-2-4-24(25)28(35)30-22-10-8-21(29)9-11-22/h2-13,20H,14-18H2,1H3,(H,30,35)(H,31,33). The van der Waals surface area contributed by atoms with Crippen LogP contribution in [0.3, 0.4) is 0 Å². The molecule has 0 saturated carbocycles. The van der Waals surface area contributed by atoms with E-state index in [4.69, 9.17) is 4.74 Å². The van der Waals surface area contributed by atoms with Crippen molar-refractivity contribution in [2.75, 3.05) is 37.4 Å². The number of para-hydroxylation sites is 1. The van der Waals surface area contributed by atoms with E-state index in [2.05, 4.69) is 10.6 Å². The van der Waals surface area contributed by atoms with E-state index in [-0.39, 0.29) is 24.2 Å². The third-order valence-corrected chi connectivity index (χ3v) is 6.25. The molecule has 0 aliphatic carbocycles. The number of piperidine rings is 1. The molecule has 0 spiro atoms. The number of Topliss-reactive ketones (excluding diaryl/α,β-unsaturated/α-hetero) is 1. The number of hydrogen-bond donors (Lipinski definition) is 2. The van der Waals surface area contributed by atoms with Gasteiger partial charge in [-0.3, -0.25) is 19.3 Å². The van der Waals surface area contributed by atoms with Gasteiger partial charge in [0, 0.05) is 17.2 Å². The Morgan fingerprint density at radius 1 is 0.917 bits per heavy atom. The first-order valence-corrected chi connectivity index (χ1v) is 11.8. The van der Waals surface area contributed by atoms with Gasteiger partial charge < -0.3 is 15.4 Å². The predicted octanol–water partition coefficient (Wildman–Crippen LogP) is 4.62. The Balaban J connectivity index is 1.30. The van der Waals surface area contributed by atoms with Crippen molar-refractivity contribution in [1.82, 2.24) is 4.90 Å². The van der Waals surface area contributed by atoms with Crippen LogP contribution in [0.2, 0.25) is 0 Å². The van der Waals surface area contributed by atoms with Crippen LogP contribution >= 0.6 is 0 Å². The number of benzene rings is 3. The average Bonchev–Trinajstić information content (AvgIpc) is 2.90. The van der Waals surface area contributed by atoms with E-state index in [0.717, 1.165) is 0 Å². The van der Waals surface area contributed by atoms with Gasteiger partial charge in [0.05, 0.1) is 24.9 Å². The zero-order chi connectivity index (χ0) is 25.5. The SMILES string of the molecule is COc1ccc(C(=O)C2CCN(CC(=O)Nc3ccccc3C(=O)Nc3ccc(F)cc3)CC2)cc1. The van der Waals surface area contributed by atoms with Crippen LogP contribution in [-0.4, -0.2) is 49.2 Å². The van der Waals surface area contributed by atoms with E-state index in [1.165, 1.54) is 24.3 Å². The summed E-state index contributed by atoms with van der Waals surface area (Å²) >= 11 is 0. The molecule has 7 nitrogen and oxygen atoms in total. The maximum atomic E-state index is 13.1. The van der Waals surface area contributed by atoms with Gasteiger partial charge in [0.25, 0.3) is 5.91 Å². The van der Waals surface area contributed by atoms with Crippen LogP contribution in [0.25, 0.3) is 0 Å². The zero-order valence-electron chi connectivity index (χ0n) is 20.0. The third-order valence-electron chi connectivity index (χ3n) is 6.25. The second-order valence-electron chi connectivity index (χ2n) is 8.70. The fourth-order valence-corrected chi connectivity index (χ4v) is 4.26. The molecule has 1 aliphatic heterocycles. The molecule has 0 unspecified atom stereocenters. The lowest BCUT2D eigenvalue weighted by molar-refractivity contribution is -0.117. The Kier molecular flexibility index (Phi) is 8.07. The summed E-state index contributed by atoms with van der Waals surface area (Å²) in [5.74, 6) is -0.291. The minimum atomic E-state index is -0.407. The number of carbonyl (C=O) groups is 3. The van der Waals surface area contributed by atoms with Crippen molar-refractivity contribution in [3.63, 3.8) is 0 Å². The molecule has 4 rings (SSSR count). The molecule has 0 radical (unpaired) electrons. The molecule has 1 fully saturated rings. The first-order chi connectivity index (χ1) is 17.4. The highest BCUT2D eigenvalue weighted by Gasteiger charge is 2.27. The number of ketones is 1. The molecule has 1 aliphatic rings. The highest BCUT2D eigenvalue weighted by atomic mass is 19.1. The number of ether oxygens (including phenoxy) is 1. The maximum absolute atomic E-state index is 13.1. The first kappa shape index (κ1) is 25.1. The molecule has 8 heteroatoms. The van der Waals surface area contributed by atoms with Gasteiger partial charge in [0.1, 0.15) is 11.6 Å². The number of likely N-dealkylation sites (tertiary alicyclic amines) is 1. The molecule has 186 valence electrons. The molecule has 0 aromatic heterocycles. The van der Waals surface area contributed by atoms with Crippen LogP contribution < -0.4 is 15.4 Å². The quantitative estimate of drug-likeness (QED) is 0.451. The molecule has 2 amide bonds. The second kappa shape index (κ2) is 11.6. The Morgan fingerprint density at radius 3 is 2.25 bits per heavy atom. The molecular weight excluding hydrogens is 461 g/mol. The number of anilines is 2. The van der Waals surface area contributed by atoms with Crippen molar-refractivity contribution in [3.8, 4) is 5.75 Å². The molecule has 2 N–H and O–H groups in total. The fraction of sp³-hybridized carbons (Fsp3) is 0.250. The molecule has 1 heterocycles. The largest absolute Gasteiger partial charge is 0.497 e. The lowest BCUT2D eigenvalue weighted by Gasteiger charge is -2.30. The summed E-state index contributed by atoms with van der Waals surface area (Å²) in [7, 11) is 1.59. The Labute approximate surface area is 209 Å². The molecule has 0 atom stereocenters. The van der Waals surface area contributed by atoms with Gasteiger partial charge in [-0.25, -0.2) is 4.39 Å². The zero-order valence-corrected chi connectivity index (χ0v) is 20.0. The molecule has 0 bridgehead atoms. The molecule has 3 aromatic carbocycles. The van der Waals surface area contributed by atoms with Crippen molar-refractivity contribution in [1.29, 1.82) is 0 Å². The smallest absolute Gasteiger partial charge is 0.257 e. The number of hydrogen-bond acceptors (Lipinski definition) is 5. The summed E-state index contributed by atoms with van der Waals surface area (Å²) in [5, 5.41) is 5.53.